The van der Waals surface area contributed by atoms with Gasteiger partial charge < -0.3 is 9.15 Å². The SMILES string of the molecule is O=C(N/N=C/c1cc(Br)c(OCc2ccc([N+](=O)[O-])cc2)c(I)c1)c1cc2cc([N+](=O)[O-])ccc2o1. The first-order chi connectivity index (χ1) is 17.2. The van der Waals surface area contributed by atoms with Crippen LogP contribution in [-0.2, 0) is 6.61 Å². The third kappa shape index (κ3) is 5.85. The van der Waals surface area contributed by atoms with E-state index in [-0.39, 0.29) is 23.7 Å². The molecule has 1 amide bonds. The number of amides is 1. The Hall–Kier alpha value is -3.85. The summed E-state index contributed by atoms with van der Waals surface area (Å²) in [6.07, 6.45) is 1.44. The van der Waals surface area contributed by atoms with Gasteiger partial charge in [-0.05, 0) is 86.0 Å². The quantitative estimate of drug-likeness (QED) is 0.106. The van der Waals surface area contributed by atoms with Gasteiger partial charge >= 0.3 is 5.91 Å². The van der Waals surface area contributed by atoms with Crippen molar-refractivity contribution in [3.63, 3.8) is 0 Å². The summed E-state index contributed by atoms with van der Waals surface area (Å²) in [6, 6.07) is 15.1. The standard InChI is InChI=1S/C23H14BrIN4O7/c24-18-7-14(8-19(25)22(18)35-12-13-1-3-16(4-2-13)28(31)32)11-26-27-23(30)21-10-15-9-17(29(33)34)5-6-20(15)36-21/h1-11H,12H2,(H,27,30)/b26-11+. The molecule has 0 radical (unpaired) electrons. The number of rotatable bonds is 8. The summed E-state index contributed by atoms with van der Waals surface area (Å²) >= 11 is 5.57. The van der Waals surface area contributed by atoms with Crippen molar-refractivity contribution < 1.29 is 23.8 Å². The molecule has 0 saturated carbocycles. The molecule has 4 aromatic rings. The van der Waals surface area contributed by atoms with Crippen molar-refractivity contribution in [3.8, 4) is 5.75 Å². The fraction of sp³-hybridized carbons (Fsp3) is 0.0435. The Labute approximate surface area is 224 Å². The Kier molecular flexibility index (Phi) is 7.59. The second kappa shape index (κ2) is 10.8. The van der Waals surface area contributed by atoms with Crippen LogP contribution >= 0.6 is 38.5 Å². The highest BCUT2D eigenvalue weighted by Crippen LogP contribution is 2.32. The zero-order chi connectivity index (χ0) is 25.8. The smallest absolute Gasteiger partial charge is 0.307 e. The lowest BCUT2D eigenvalue weighted by Crippen LogP contribution is -2.16. The molecule has 0 unspecified atom stereocenters. The molecular formula is C23H14BrIN4O7. The van der Waals surface area contributed by atoms with Gasteiger partial charge in [0, 0.05) is 29.7 Å². The lowest BCUT2D eigenvalue weighted by atomic mass is 10.2. The van der Waals surface area contributed by atoms with E-state index in [4.69, 9.17) is 9.15 Å². The van der Waals surface area contributed by atoms with Gasteiger partial charge in [0.1, 0.15) is 17.9 Å². The first kappa shape index (κ1) is 25.2. The molecule has 0 atom stereocenters. The zero-order valence-electron chi connectivity index (χ0n) is 18.0. The van der Waals surface area contributed by atoms with Crippen LogP contribution in [0.2, 0.25) is 0 Å². The predicted octanol–water partition coefficient (Wildman–Crippen LogP) is 5.96. The number of nitrogens with zero attached hydrogens (tertiary/aromatic N) is 3. The molecule has 36 heavy (non-hydrogen) atoms. The van der Waals surface area contributed by atoms with Crippen LogP contribution in [0.5, 0.6) is 5.75 Å². The Bertz CT molecular complexity index is 1500. The Morgan fingerprint density at radius 3 is 2.42 bits per heavy atom. The van der Waals surface area contributed by atoms with Crippen LogP contribution in [0.1, 0.15) is 21.7 Å². The van der Waals surface area contributed by atoms with Crippen LogP contribution in [0.3, 0.4) is 0 Å². The normalized spacial score (nSPS) is 11.1. The summed E-state index contributed by atoms with van der Waals surface area (Å²) in [5, 5.41) is 26.1. The van der Waals surface area contributed by atoms with E-state index in [2.05, 4.69) is 49.0 Å². The largest absolute Gasteiger partial charge is 0.487 e. The van der Waals surface area contributed by atoms with Crippen LogP contribution < -0.4 is 10.2 Å². The van der Waals surface area contributed by atoms with Gasteiger partial charge in [0.2, 0.25) is 0 Å². The van der Waals surface area contributed by atoms with Gasteiger partial charge in [0.25, 0.3) is 11.4 Å². The van der Waals surface area contributed by atoms with E-state index in [1.54, 1.807) is 24.3 Å². The van der Waals surface area contributed by atoms with Crippen LogP contribution in [0, 0.1) is 23.8 Å². The molecule has 0 aliphatic carbocycles. The number of non-ortho nitro benzene ring substituents is 2. The minimum absolute atomic E-state index is 0.00883. The topological polar surface area (TPSA) is 150 Å². The fourth-order valence-corrected chi connectivity index (χ4v) is 4.91. The number of nitro groups is 2. The zero-order valence-corrected chi connectivity index (χ0v) is 21.8. The van der Waals surface area contributed by atoms with Gasteiger partial charge in [-0.25, -0.2) is 5.43 Å². The van der Waals surface area contributed by atoms with E-state index in [9.17, 15) is 25.0 Å². The first-order valence-electron chi connectivity index (χ1n) is 10.1. The van der Waals surface area contributed by atoms with Gasteiger partial charge in [-0.3, -0.25) is 25.0 Å². The van der Waals surface area contributed by atoms with Crippen molar-refractivity contribution in [2.45, 2.75) is 6.61 Å². The lowest BCUT2D eigenvalue weighted by Gasteiger charge is -2.11. The van der Waals surface area contributed by atoms with E-state index < -0.39 is 15.8 Å². The number of carbonyl (C=O) groups excluding carboxylic acids is 1. The van der Waals surface area contributed by atoms with Crippen LogP contribution in [0.15, 0.2) is 74.7 Å². The lowest BCUT2D eigenvalue weighted by molar-refractivity contribution is -0.385. The molecule has 0 aliphatic rings. The molecule has 0 fully saturated rings. The van der Waals surface area contributed by atoms with Gasteiger partial charge in [0.15, 0.2) is 5.76 Å². The number of fused-ring (bicyclic) bond motifs is 1. The first-order valence-corrected chi connectivity index (χ1v) is 11.9. The minimum Gasteiger partial charge on any atom is -0.487 e. The summed E-state index contributed by atoms with van der Waals surface area (Å²) < 4.78 is 12.7. The van der Waals surface area contributed by atoms with Crippen molar-refractivity contribution in [1.29, 1.82) is 0 Å². The molecule has 3 aromatic carbocycles. The fourth-order valence-electron chi connectivity index (χ4n) is 3.14. The van der Waals surface area contributed by atoms with Crippen molar-refractivity contribution in [2.24, 2.45) is 5.10 Å². The van der Waals surface area contributed by atoms with Crippen LogP contribution in [0.4, 0.5) is 11.4 Å². The van der Waals surface area contributed by atoms with Crippen LogP contribution in [-0.4, -0.2) is 22.0 Å². The second-order valence-corrected chi connectivity index (χ2v) is 9.33. The number of benzene rings is 3. The molecule has 0 aliphatic heterocycles. The van der Waals surface area contributed by atoms with Gasteiger partial charge in [0.05, 0.1) is 24.1 Å². The monoisotopic (exact) mass is 664 g/mol. The predicted molar refractivity (Wildman–Crippen MR) is 142 cm³/mol. The van der Waals surface area contributed by atoms with Crippen molar-refractivity contribution in [3.05, 3.63) is 106 Å². The maximum Gasteiger partial charge on any atom is 0.307 e. The number of furan rings is 1. The highest BCUT2D eigenvalue weighted by Gasteiger charge is 2.15. The minimum atomic E-state index is -0.609. The summed E-state index contributed by atoms with van der Waals surface area (Å²) in [4.78, 5) is 33.1. The number of ether oxygens (including phenoxy) is 1. The molecule has 11 nitrogen and oxygen atoms in total. The van der Waals surface area contributed by atoms with E-state index >= 15 is 0 Å². The molecule has 0 bridgehead atoms. The Morgan fingerprint density at radius 1 is 1.06 bits per heavy atom. The molecule has 1 N–H and O–H groups in total. The average Bonchev–Trinajstić information content (AvgIpc) is 3.27. The molecule has 4 rings (SSSR count). The maximum absolute atomic E-state index is 12.4. The molecule has 0 spiro atoms. The van der Waals surface area contributed by atoms with E-state index in [0.717, 1.165) is 9.13 Å². The Balaban J connectivity index is 1.39. The molecule has 1 heterocycles. The second-order valence-electron chi connectivity index (χ2n) is 7.31. The van der Waals surface area contributed by atoms with E-state index in [1.807, 2.05) is 0 Å². The highest BCUT2D eigenvalue weighted by molar-refractivity contribution is 14.1. The number of nitro benzene ring substituents is 2. The van der Waals surface area contributed by atoms with Crippen molar-refractivity contribution in [1.82, 2.24) is 5.43 Å². The van der Waals surface area contributed by atoms with E-state index in [0.29, 0.717) is 26.8 Å². The molecular weight excluding hydrogens is 651 g/mol. The highest BCUT2D eigenvalue weighted by atomic mass is 127. The summed E-state index contributed by atoms with van der Waals surface area (Å²) in [7, 11) is 0. The number of halogens is 2. The third-order valence-corrected chi connectivity index (χ3v) is 6.26. The molecule has 0 saturated heterocycles. The summed E-state index contributed by atoms with van der Waals surface area (Å²) in [5.74, 6) is -0.0539. The number of hydrogen-bond acceptors (Lipinski definition) is 8. The third-order valence-electron chi connectivity index (χ3n) is 4.87. The van der Waals surface area contributed by atoms with Gasteiger partial charge in [-0.1, -0.05) is 0 Å². The molecule has 182 valence electrons. The molecule has 13 heteroatoms. The maximum atomic E-state index is 12.4. The van der Waals surface area contributed by atoms with Crippen molar-refractivity contribution >= 4 is 73.0 Å². The molecule has 1 aromatic heterocycles. The Morgan fingerprint density at radius 2 is 1.75 bits per heavy atom. The number of hydrazone groups is 1. The van der Waals surface area contributed by atoms with Crippen LogP contribution in [0.25, 0.3) is 11.0 Å². The average molecular weight is 665 g/mol. The van der Waals surface area contributed by atoms with Gasteiger partial charge in [-0.15, -0.1) is 0 Å². The summed E-state index contributed by atoms with van der Waals surface area (Å²) in [5.41, 5.74) is 4.07. The number of hydrogen-bond donors (Lipinski definition) is 1. The summed E-state index contributed by atoms with van der Waals surface area (Å²) in [6.45, 7) is 0.219. The number of nitrogens with one attached hydrogen (secondary N) is 1. The number of carbonyl (C=O) groups is 1. The van der Waals surface area contributed by atoms with Crippen molar-refractivity contribution in [2.75, 3.05) is 0 Å². The van der Waals surface area contributed by atoms with Gasteiger partial charge in [-0.2, -0.15) is 5.10 Å². The van der Waals surface area contributed by atoms with E-state index in [1.165, 1.54) is 42.6 Å².